The second kappa shape index (κ2) is 10.0. The first-order valence-electron chi connectivity index (χ1n) is 8.44. The number of guanidine groups is 1. The molecule has 1 heterocycles. The Morgan fingerprint density at radius 3 is 2.88 bits per heavy atom. The summed E-state index contributed by atoms with van der Waals surface area (Å²) in [6.45, 7) is 5.70. The van der Waals surface area contributed by atoms with Crippen LogP contribution in [0.1, 0.15) is 19.7 Å². The van der Waals surface area contributed by atoms with Crippen molar-refractivity contribution in [2.45, 2.75) is 20.4 Å². The predicted octanol–water partition coefficient (Wildman–Crippen LogP) is 0.908. The molecule has 2 aromatic rings. The molecule has 0 aliphatic heterocycles. The summed E-state index contributed by atoms with van der Waals surface area (Å²) >= 11 is 0. The summed E-state index contributed by atoms with van der Waals surface area (Å²) in [6.07, 6.45) is 1.51. The number of anilines is 1. The molecule has 1 aromatic heterocycles. The van der Waals surface area contributed by atoms with Gasteiger partial charge in [0.2, 0.25) is 5.91 Å². The van der Waals surface area contributed by atoms with Gasteiger partial charge in [-0.15, -0.1) is 0 Å². The normalized spacial score (nSPS) is 11.1. The number of aromatic nitrogens is 3. The fourth-order valence-electron chi connectivity index (χ4n) is 2.16. The quantitative estimate of drug-likeness (QED) is 0.367. The van der Waals surface area contributed by atoms with Crippen LogP contribution in [0, 0.1) is 0 Å². The standard InChI is InChI=1S/C17H25N7O2/c1-4-18-17(20-11-16-21-12-22-24(16)3)19-8-9-26-15-7-5-6-14(10-15)23-13(2)25/h5-7,10,12H,4,8-9,11H2,1-3H3,(H,23,25)(H2,18,19,20). The summed E-state index contributed by atoms with van der Waals surface area (Å²) < 4.78 is 7.40. The van der Waals surface area contributed by atoms with Crippen LogP contribution in [-0.4, -0.2) is 46.3 Å². The number of aliphatic imine (C=N–C) groups is 1. The van der Waals surface area contributed by atoms with Crippen LogP contribution in [0.15, 0.2) is 35.6 Å². The first kappa shape index (κ1) is 19.2. The van der Waals surface area contributed by atoms with Crippen LogP contribution in [0.5, 0.6) is 5.75 Å². The molecule has 9 nitrogen and oxygen atoms in total. The van der Waals surface area contributed by atoms with Gasteiger partial charge in [0.25, 0.3) is 0 Å². The number of hydrogen-bond acceptors (Lipinski definition) is 5. The van der Waals surface area contributed by atoms with Crippen LogP contribution in [0.2, 0.25) is 0 Å². The number of hydrogen-bond donors (Lipinski definition) is 3. The lowest BCUT2D eigenvalue weighted by Gasteiger charge is -2.12. The molecule has 0 aliphatic rings. The fourth-order valence-corrected chi connectivity index (χ4v) is 2.16. The molecule has 0 saturated carbocycles. The Labute approximate surface area is 152 Å². The minimum Gasteiger partial charge on any atom is -0.492 e. The molecule has 26 heavy (non-hydrogen) atoms. The Balaban J connectivity index is 1.80. The van der Waals surface area contributed by atoms with Crippen molar-refractivity contribution in [1.29, 1.82) is 0 Å². The highest BCUT2D eigenvalue weighted by molar-refractivity contribution is 5.88. The van der Waals surface area contributed by atoms with E-state index in [4.69, 9.17) is 4.74 Å². The van der Waals surface area contributed by atoms with Gasteiger partial charge in [0.1, 0.15) is 31.1 Å². The number of nitrogens with one attached hydrogen (secondary N) is 3. The van der Waals surface area contributed by atoms with Gasteiger partial charge in [-0.3, -0.25) is 9.48 Å². The molecule has 0 atom stereocenters. The topological polar surface area (TPSA) is 105 Å². The summed E-state index contributed by atoms with van der Waals surface area (Å²) in [5.74, 6) is 2.05. The highest BCUT2D eigenvalue weighted by Crippen LogP contribution is 2.16. The molecule has 0 unspecified atom stereocenters. The van der Waals surface area contributed by atoms with Crippen molar-refractivity contribution in [2.75, 3.05) is 25.0 Å². The molecule has 0 fully saturated rings. The Bertz CT molecular complexity index is 742. The number of benzene rings is 1. The lowest BCUT2D eigenvalue weighted by atomic mass is 10.3. The van der Waals surface area contributed by atoms with Gasteiger partial charge in [-0.1, -0.05) is 6.07 Å². The number of amides is 1. The second-order valence-electron chi connectivity index (χ2n) is 5.48. The SMILES string of the molecule is CCNC(=NCc1ncnn1C)NCCOc1cccc(NC(C)=O)c1. The number of ether oxygens (including phenoxy) is 1. The van der Waals surface area contributed by atoms with Crippen molar-refractivity contribution in [3.05, 3.63) is 36.4 Å². The predicted molar refractivity (Wildman–Crippen MR) is 100 cm³/mol. The minimum atomic E-state index is -0.113. The van der Waals surface area contributed by atoms with E-state index in [1.807, 2.05) is 32.2 Å². The lowest BCUT2D eigenvalue weighted by molar-refractivity contribution is -0.114. The molecule has 0 aliphatic carbocycles. The monoisotopic (exact) mass is 359 g/mol. The molecular weight excluding hydrogens is 334 g/mol. The summed E-state index contributed by atoms with van der Waals surface area (Å²) in [7, 11) is 1.83. The molecule has 9 heteroatoms. The zero-order valence-electron chi connectivity index (χ0n) is 15.3. The van der Waals surface area contributed by atoms with Crippen molar-refractivity contribution in [3.63, 3.8) is 0 Å². The van der Waals surface area contributed by atoms with E-state index in [2.05, 4.69) is 31.0 Å². The van der Waals surface area contributed by atoms with Crippen LogP contribution in [-0.2, 0) is 18.4 Å². The van der Waals surface area contributed by atoms with E-state index in [1.54, 1.807) is 10.7 Å². The summed E-state index contributed by atoms with van der Waals surface area (Å²) in [5.41, 5.74) is 0.710. The van der Waals surface area contributed by atoms with Crippen LogP contribution in [0.4, 0.5) is 5.69 Å². The third-order valence-electron chi connectivity index (χ3n) is 3.35. The van der Waals surface area contributed by atoms with Crippen LogP contribution in [0.25, 0.3) is 0 Å². The van der Waals surface area contributed by atoms with E-state index in [0.717, 1.165) is 12.4 Å². The van der Waals surface area contributed by atoms with E-state index in [9.17, 15) is 4.79 Å². The average Bonchev–Trinajstić information content (AvgIpc) is 3.01. The smallest absolute Gasteiger partial charge is 0.221 e. The Morgan fingerprint density at radius 1 is 1.35 bits per heavy atom. The summed E-state index contributed by atoms with van der Waals surface area (Å²) in [4.78, 5) is 19.7. The molecule has 2 rings (SSSR count). The maximum absolute atomic E-state index is 11.1. The molecule has 140 valence electrons. The summed E-state index contributed by atoms with van der Waals surface area (Å²) in [6, 6.07) is 7.28. The maximum Gasteiger partial charge on any atom is 0.221 e. The van der Waals surface area contributed by atoms with E-state index in [1.165, 1.54) is 13.3 Å². The first-order valence-corrected chi connectivity index (χ1v) is 8.44. The van der Waals surface area contributed by atoms with Gasteiger partial charge < -0.3 is 20.7 Å². The number of carbonyl (C=O) groups is 1. The maximum atomic E-state index is 11.1. The van der Waals surface area contributed by atoms with Crippen molar-refractivity contribution in [2.24, 2.45) is 12.0 Å². The third-order valence-corrected chi connectivity index (χ3v) is 3.35. The number of rotatable bonds is 8. The Morgan fingerprint density at radius 2 is 2.19 bits per heavy atom. The highest BCUT2D eigenvalue weighted by atomic mass is 16.5. The fraction of sp³-hybridized carbons (Fsp3) is 0.412. The zero-order chi connectivity index (χ0) is 18.8. The van der Waals surface area contributed by atoms with Gasteiger partial charge in [0, 0.05) is 32.3 Å². The number of nitrogens with zero attached hydrogens (tertiary/aromatic N) is 4. The molecule has 3 N–H and O–H groups in total. The lowest BCUT2D eigenvalue weighted by Crippen LogP contribution is -2.39. The van der Waals surface area contributed by atoms with E-state index in [-0.39, 0.29) is 5.91 Å². The summed E-state index contributed by atoms with van der Waals surface area (Å²) in [5, 5.41) is 13.1. The van der Waals surface area contributed by atoms with Gasteiger partial charge in [-0.2, -0.15) is 5.10 Å². The molecule has 1 amide bonds. The van der Waals surface area contributed by atoms with Crippen LogP contribution >= 0.6 is 0 Å². The molecule has 0 saturated heterocycles. The third kappa shape index (κ3) is 6.42. The van der Waals surface area contributed by atoms with Crippen molar-refractivity contribution < 1.29 is 9.53 Å². The minimum absolute atomic E-state index is 0.113. The van der Waals surface area contributed by atoms with Gasteiger partial charge in [-0.25, -0.2) is 9.98 Å². The van der Waals surface area contributed by atoms with Crippen molar-refractivity contribution >= 4 is 17.6 Å². The van der Waals surface area contributed by atoms with E-state index in [0.29, 0.717) is 37.1 Å². The first-order chi connectivity index (χ1) is 12.6. The Hall–Kier alpha value is -3.10. The van der Waals surface area contributed by atoms with Crippen molar-refractivity contribution in [1.82, 2.24) is 25.4 Å². The average molecular weight is 359 g/mol. The largest absolute Gasteiger partial charge is 0.492 e. The van der Waals surface area contributed by atoms with Crippen LogP contribution < -0.4 is 20.7 Å². The van der Waals surface area contributed by atoms with Crippen molar-refractivity contribution in [3.8, 4) is 5.75 Å². The van der Waals surface area contributed by atoms with E-state index >= 15 is 0 Å². The molecule has 1 aromatic carbocycles. The molecule has 0 bridgehead atoms. The number of carbonyl (C=O) groups excluding carboxylic acids is 1. The van der Waals surface area contributed by atoms with Crippen LogP contribution in [0.3, 0.4) is 0 Å². The van der Waals surface area contributed by atoms with E-state index < -0.39 is 0 Å². The molecular formula is C17H25N7O2. The van der Waals surface area contributed by atoms with Gasteiger partial charge >= 0.3 is 0 Å². The zero-order valence-corrected chi connectivity index (χ0v) is 15.3. The molecule has 0 spiro atoms. The Kier molecular flexibility index (Phi) is 7.41. The van der Waals surface area contributed by atoms with Gasteiger partial charge in [0.15, 0.2) is 5.96 Å². The number of aryl methyl sites for hydroxylation is 1. The van der Waals surface area contributed by atoms with Gasteiger partial charge in [0.05, 0.1) is 6.54 Å². The van der Waals surface area contributed by atoms with Gasteiger partial charge in [-0.05, 0) is 19.1 Å². The highest BCUT2D eigenvalue weighted by Gasteiger charge is 2.02. The molecule has 0 radical (unpaired) electrons. The second-order valence-corrected chi connectivity index (χ2v) is 5.48.